The van der Waals surface area contributed by atoms with Crippen LogP contribution in [0.1, 0.15) is 18.5 Å². The van der Waals surface area contributed by atoms with Crippen LogP contribution in [0.5, 0.6) is 0 Å². The fourth-order valence-corrected chi connectivity index (χ4v) is 3.63. The van der Waals surface area contributed by atoms with Crippen LogP contribution in [0.3, 0.4) is 0 Å². The molecule has 0 aromatic heterocycles. The maximum atomic E-state index is 13.7. The highest BCUT2D eigenvalue weighted by Gasteiger charge is 2.22. The number of sulfonamides is 1. The number of nitrogens with one attached hydrogen (secondary N) is 1. The Morgan fingerprint density at radius 2 is 1.95 bits per heavy atom. The molecule has 0 bridgehead atoms. The summed E-state index contributed by atoms with van der Waals surface area (Å²) >= 11 is 3.32. The third kappa shape index (κ3) is 3.81. The zero-order valence-electron chi connectivity index (χ0n) is 11.2. The van der Waals surface area contributed by atoms with Crippen LogP contribution in [0.4, 0.5) is 10.1 Å². The molecular weight excluding hydrogens is 359 g/mol. The highest BCUT2D eigenvalue weighted by molar-refractivity contribution is 9.10. The summed E-state index contributed by atoms with van der Waals surface area (Å²) in [5, 5.41) is 0. The first-order chi connectivity index (χ1) is 9.79. The van der Waals surface area contributed by atoms with Gasteiger partial charge in [-0.05, 0) is 42.8 Å². The Hall–Kier alpha value is -1.44. The van der Waals surface area contributed by atoms with Crippen molar-refractivity contribution in [3.8, 4) is 0 Å². The number of hydrogen-bond acceptors (Lipinski definition) is 3. The fraction of sp³-hybridized carbons (Fsp3) is 0.143. The third-order valence-corrected chi connectivity index (χ3v) is 4.97. The maximum absolute atomic E-state index is 13.7. The van der Waals surface area contributed by atoms with Crippen molar-refractivity contribution >= 4 is 31.6 Å². The van der Waals surface area contributed by atoms with Crippen molar-refractivity contribution < 1.29 is 12.8 Å². The van der Waals surface area contributed by atoms with Crippen LogP contribution in [-0.2, 0) is 10.0 Å². The van der Waals surface area contributed by atoms with E-state index in [1.165, 1.54) is 6.07 Å². The molecule has 0 fully saturated rings. The van der Waals surface area contributed by atoms with Gasteiger partial charge < -0.3 is 5.73 Å². The Labute approximate surface area is 131 Å². The molecule has 2 aromatic rings. The van der Waals surface area contributed by atoms with Crippen molar-refractivity contribution in [1.29, 1.82) is 0 Å². The highest BCUT2D eigenvalue weighted by atomic mass is 79.9. The van der Waals surface area contributed by atoms with Gasteiger partial charge in [0.05, 0.1) is 0 Å². The third-order valence-electron chi connectivity index (χ3n) is 2.93. The number of halogens is 2. The van der Waals surface area contributed by atoms with Gasteiger partial charge in [-0.3, -0.25) is 0 Å². The molecule has 0 radical (unpaired) electrons. The Morgan fingerprint density at radius 1 is 1.24 bits per heavy atom. The second-order valence-corrected chi connectivity index (χ2v) is 7.19. The van der Waals surface area contributed by atoms with Crippen molar-refractivity contribution in [1.82, 2.24) is 4.72 Å². The van der Waals surface area contributed by atoms with Gasteiger partial charge in [0.15, 0.2) is 0 Å². The zero-order valence-corrected chi connectivity index (χ0v) is 13.6. The van der Waals surface area contributed by atoms with E-state index in [-0.39, 0.29) is 5.69 Å². The van der Waals surface area contributed by atoms with Crippen LogP contribution in [0.15, 0.2) is 51.8 Å². The molecule has 3 N–H and O–H groups in total. The molecule has 21 heavy (non-hydrogen) atoms. The lowest BCUT2D eigenvalue weighted by Gasteiger charge is -2.15. The van der Waals surface area contributed by atoms with Crippen molar-refractivity contribution in [2.75, 3.05) is 5.73 Å². The molecule has 0 spiro atoms. The lowest BCUT2D eigenvalue weighted by Crippen LogP contribution is -2.27. The molecule has 0 aliphatic carbocycles. The van der Waals surface area contributed by atoms with Crippen molar-refractivity contribution in [2.45, 2.75) is 17.9 Å². The molecule has 0 aliphatic heterocycles. The molecule has 1 unspecified atom stereocenters. The topological polar surface area (TPSA) is 72.2 Å². The van der Waals surface area contributed by atoms with E-state index in [0.717, 1.165) is 22.2 Å². The Balaban J connectivity index is 2.31. The average molecular weight is 373 g/mol. The largest absolute Gasteiger partial charge is 0.399 e. The van der Waals surface area contributed by atoms with E-state index >= 15 is 0 Å². The SMILES string of the molecule is CC(NS(=O)(=O)c1cc(N)ccc1F)c1cccc(Br)c1. The molecule has 7 heteroatoms. The van der Waals surface area contributed by atoms with E-state index in [9.17, 15) is 12.8 Å². The van der Waals surface area contributed by atoms with Crippen molar-refractivity contribution in [3.05, 3.63) is 58.3 Å². The molecule has 1 atom stereocenters. The molecule has 2 rings (SSSR count). The lowest BCUT2D eigenvalue weighted by molar-refractivity contribution is 0.547. The summed E-state index contributed by atoms with van der Waals surface area (Å²) in [7, 11) is -3.99. The van der Waals surface area contributed by atoms with Crippen LogP contribution in [0, 0.1) is 5.82 Å². The van der Waals surface area contributed by atoms with Gasteiger partial charge >= 0.3 is 0 Å². The molecule has 0 amide bonds. The summed E-state index contributed by atoms with van der Waals surface area (Å²) in [6.45, 7) is 1.68. The van der Waals surface area contributed by atoms with Crippen molar-refractivity contribution in [3.63, 3.8) is 0 Å². The van der Waals surface area contributed by atoms with Crippen LogP contribution in [-0.4, -0.2) is 8.42 Å². The molecule has 112 valence electrons. The molecule has 0 aliphatic rings. The minimum absolute atomic E-state index is 0.187. The Kier molecular flexibility index (Phi) is 4.65. The monoisotopic (exact) mass is 372 g/mol. The molecular formula is C14H14BrFN2O2S. The minimum Gasteiger partial charge on any atom is -0.399 e. The standard InChI is InChI=1S/C14H14BrFN2O2S/c1-9(10-3-2-4-11(15)7-10)18-21(19,20)14-8-12(17)5-6-13(14)16/h2-9,18H,17H2,1H3. The Bertz CT molecular complexity index is 765. The number of nitrogen functional groups attached to an aromatic ring is 1. The van der Waals surface area contributed by atoms with Gasteiger partial charge in [-0.2, -0.15) is 0 Å². The average Bonchev–Trinajstić information content (AvgIpc) is 2.41. The van der Waals surface area contributed by atoms with E-state index < -0.39 is 26.8 Å². The van der Waals surface area contributed by atoms with Gasteiger partial charge in [0.25, 0.3) is 0 Å². The summed E-state index contributed by atoms with van der Waals surface area (Å²) in [4.78, 5) is -0.454. The van der Waals surface area contributed by atoms with E-state index in [0.29, 0.717) is 0 Å². The second kappa shape index (κ2) is 6.13. The first-order valence-electron chi connectivity index (χ1n) is 6.12. The fourth-order valence-electron chi connectivity index (χ4n) is 1.87. The van der Waals surface area contributed by atoms with E-state index in [1.54, 1.807) is 25.1 Å². The van der Waals surface area contributed by atoms with Gasteiger partial charge in [-0.15, -0.1) is 0 Å². The quantitative estimate of drug-likeness (QED) is 0.809. The molecule has 2 aromatic carbocycles. The van der Waals surface area contributed by atoms with Crippen LogP contribution >= 0.6 is 15.9 Å². The predicted molar refractivity (Wildman–Crippen MR) is 83.7 cm³/mol. The first kappa shape index (κ1) is 15.9. The number of benzene rings is 2. The molecule has 0 saturated carbocycles. The smallest absolute Gasteiger partial charge is 0.244 e. The van der Waals surface area contributed by atoms with E-state index in [2.05, 4.69) is 20.7 Å². The second-order valence-electron chi connectivity index (χ2n) is 4.59. The van der Waals surface area contributed by atoms with Gasteiger partial charge in [0.1, 0.15) is 10.7 Å². The van der Waals surface area contributed by atoms with Gasteiger partial charge in [-0.25, -0.2) is 17.5 Å². The molecule has 0 saturated heterocycles. The molecule has 4 nitrogen and oxygen atoms in total. The number of rotatable bonds is 4. The zero-order chi connectivity index (χ0) is 15.6. The first-order valence-corrected chi connectivity index (χ1v) is 8.40. The summed E-state index contributed by atoms with van der Waals surface area (Å²) in [6.07, 6.45) is 0. The maximum Gasteiger partial charge on any atom is 0.244 e. The normalized spacial score (nSPS) is 13.1. The highest BCUT2D eigenvalue weighted by Crippen LogP contribution is 2.22. The number of hydrogen-bond donors (Lipinski definition) is 2. The Morgan fingerprint density at radius 3 is 2.62 bits per heavy atom. The molecule has 0 heterocycles. The van der Waals surface area contributed by atoms with Crippen LogP contribution in [0.25, 0.3) is 0 Å². The minimum atomic E-state index is -3.99. The van der Waals surface area contributed by atoms with Crippen LogP contribution < -0.4 is 10.5 Å². The van der Waals surface area contributed by atoms with Gasteiger partial charge in [0, 0.05) is 16.2 Å². The van der Waals surface area contributed by atoms with Crippen molar-refractivity contribution in [2.24, 2.45) is 0 Å². The van der Waals surface area contributed by atoms with E-state index in [1.807, 2.05) is 6.07 Å². The van der Waals surface area contributed by atoms with Gasteiger partial charge in [0.2, 0.25) is 10.0 Å². The summed E-state index contributed by atoms with van der Waals surface area (Å²) in [6, 6.07) is 10.2. The number of anilines is 1. The van der Waals surface area contributed by atoms with Crippen LogP contribution in [0.2, 0.25) is 0 Å². The summed E-state index contributed by atoms with van der Waals surface area (Å²) in [5.41, 5.74) is 6.47. The number of nitrogens with two attached hydrogens (primary N) is 1. The lowest BCUT2D eigenvalue weighted by atomic mass is 10.1. The van der Waals surface area contributed by atoms with E-state index in [4.69, 9.17) is 5.73 Å². The van der Waals surface area contributed by atoms with Gasteiger partial charge in [-0.1, -0.05) is 28.1 Å². The summed E-state index contributed by atoms with van der Waals surface area (Å²) in [5.74, 6) is -0.835. The summed E-state index contributed by atoms with van der Waals surface area (Å²) < 4.78 is 41.5. The predicted octanol–water partition coefficient (Wildman–Crippen LogP) is 3.21.